The Bertz CT molecular complexity index is 907. The Balaban J connectivity index is 2.06. The topological polar surface area (TPSA) is 43.2 Å². The van der Waals surface area contributed by atoms with Crippen molar-refractivity contribution in [3.8, 4) is 11.5 Å². The van der Waals surface area contributed by atoms with E-state index in [1.807, 2.05) is 85.8 Å². The van der Waals surface area contributed by atoms with Crippen molar-refractivity contribution in [3.63, 3.8) is 0 Å². The van der Waals surface area contributed by atoms with E-state index in [0.717, 1.165) is 39.6 Å². The van der Waals surface area contributed by atoms with Crippen molar-refractivity contribution < 1.29 is 9.47 Å². The number of methoxy groups -OCH3 is 2. The lowest BCUT2D eigenvalue weighted by molar-refractivity contribution is 0.402. The largest absolute Gasteiger partial charge is 0.497 e. The maximum Gasteiger partial charge on any atom is 0.128 e. The first kappa shape index (κ1) is 18.4. The highest BCUT2D eigenvalue weighted by molar-refractivity contribution is 6.13. The Morgan fingerprint density at radius 3 is 1.81 bits per heavy atom. The molecular formula is C23H22N2O2. The van der Waals surface area contributed by atoms with Crippen LogP contribution in [-0.2, 0) is 0 Å². The molecule has 3 aromatic rings. The van der Waals surface area contributed by atoms with Crippen LogP contribution in [0.15, 0.2) is 89.1 Å². The number of ether oxygens (including phenoxy) is 2. The fourth-order valence-electron chi connectivity index (χ4n) is 2.75. The molecule has 0 aliphatic rings. The van der Waals surface area contributed by atoms with Crippen LogP contribution in [0.2, 0.25) is 0 Å². The van der Waals surface area contributed by atoms with Gasteiger partial charge in [0.25, 0.3) is 0 Å². The molecule has 3 rings (SSSR count). The van der Waals surface area contributed by atoms with E-state index in [1.165, 1.54) is 0 Å². The monoisotopic (exact) mass is 358 g/mol. The summed E-state index contributed by atoms with van der Waals surface area (Å²) in [6, 6.07) is 25.7. The third-order valence-corrected chi connectivity index (χ3v) is 4.19. The van der Waals surface area contributed by atoms with E-state index >= 15 is 0 Å². The molecular weight excluding hydrogens is 336 g/mol. The zero-order valence-electron chi connectivity index (χ0n) is 15.7. The second-order valence-corrected chi connectivity index (χ2v) is 5.93. The average molecular weight is 358 g/mol. The summed E-state index contributed by atoms with van der Waals surface area (Å²) in [7, 11) is 3.28. The second kappa shape index (κ2) is 8.81. The predicted octanol–water partition coefficient (Wildman–Crippen LogP) is 4.97. The van der Waals surface area contributed by atoms with E-state index in [1.54, 1.807) is 14.2 Å². The van der Waals surface area contributed by atoms with Gasteiger partial charge >= 0.3 is 0 Å². The van der Waals surface area contributed by atoms with E-state index in [4.69, 9.17) is 9.47 Å². The molecule has 3 aromatic carbocycles. The molecule has 0 unspecified atom stereocenters. The summed E-state index contributed by atoms with van der Waals surface area (Å²) < 4.78 is 10.8. The van der Waals surface area contributed by atoms with Crippen LogP contribution in [-0.4, -0.2) is 25.6 Å². The molecule has 4 heteroatoms. The Hall–Kier alpha value is -3.40. The van der Waals surface area contributed by atoms with Crippen molar-refractivity contribution in [2.24, 2.45) is 10.2 Å². The molecule has 0 N–H and O–H groups in total. The Labute approximate surface area is 159 Å². The minimum absolute atomic E-state index is 0.730. The van der Waals surface area contributed by atoms with E-state index in [2.05, 4.69) is 10.2 Å². The summed E-state index contributed by atoms with van der Waals surface area (Å²) in [4.78, 5) is 0. The molecule has 0 aliphatic carbocycles. The molecule has 4 nitrogen and oxygen atoms in total. The summed E-state index contributed by atoms with van der Waals surface area (Å²) in [5.74, 6) is 1.48. The Morgan fingerprint density at radius 2 is 1.30 bits per heavy atom. The zero-order chi connectivity index (χ0) is 19.1. The van der Waals surface area contributed by atoms with Gasteiger partial charge < -0.3 is 9.47 Å². The quantitative estimate of drug-likeness (QED) is 0.461. The second-order valence-electron chi connectivity index (χ2n) is 5.93. The molecule has 0 bridgehead atoms. The van der Waals surface area contributed by atoms with Crippen LogP contribution < -0.4 is 9.47 Å². The van der Waals surface area contributed by atoms with Crippen molar-refractivity contribution in [1.82, 2.24) is 0 Å². The lowest BCUT2D eigenvalue weighted by Crippen LogP contribution is -2.04. The van der Waals surface area contributed by atoms with E-state index in [-0.39, 0.29) is 0 Å². The van der Waals surface area contributed by atoms with Gasteiger partial charge in [0.1, 0.15) is 17.2 Å². The maximum atomic E-state index is 5.46. The summed E-state index contributed by atoms with van der Waals surface area (Å²) in [5.41, 5.74) is 4.43. The summed E-state index contributed by atoms with van der Waals surface area (Å²) in [5, 5.41) is 9.08. The van der Waals surface area contributed by atoms with Crippen LogP contribution in [0.1, 0.15) is 23.6 Å². The van der Waals surface area contributed by atoms with Crippen LogP contribution in [0.25, 0.3) is 0 Å². The molecule has 0 fully saturated rings. The number of hydrogen-bond acceptors (Lipinski definition) is 4. The molecule has 0 spiro atoms. The first-order valence-electron chi connectivity index (χ1n) is 8.68. The van der Waals surface area contributed by atoms with Gasteiger partial charge in [-0.15, -0.1) is 5.10 Å². The first-order valence-corrected chi connectivity index (χ1v) is 8.68. The first-order chi connectivity index (χ1) is 13.2. The lowest BCUT2D eigenvalue weighted by Gasteiger charge is -2.10. The van der Waals surface area contributed by atoms with Crippen molar-refractivity contribution in [1.29, 1.82) is 0 Å². The standard InChI is InChI=1S/C23H22N2O2/c1-17(21-16-20(26-2)14-15-22(21)27-3)24-25-23(18-10-6-4-7-11-18)19-12-8-5-9-13-19/h4-16H,1-3H3. The number of rotatable bonds is 6. The molecule has 136 valence electrons. The highest BCUT2D eigenvalue weighted by Gasteiger charge is 2.10. The summed E-state index contributed by atoms with van der Waals surface area (Å²) >= 11 is 0. The van der Waals surface area contributed by atoms with Crippen molar-refractivity contribution >= 4 is 11.4 Å². The number of hydrogen-bond donors (Lipinski definition) is 0. The Kier molecular flexibility index (Phi) is 6.00. The van der Waals surface area contributed by atoms with Crippen molar-refractivity contribution in [2.45, 2.75) is 6.92 Å². The minimum atomic E-state index is 0.730. The molecule has 0 radical (unpaired) electrons. The van der Waals surface area contributed by atoms with Gasteiger partial charge in [-0.05, 0) is 25.1 Å². The summed E-state index contributed by atoms with van der Waals surface area (Å²) in [6.45, 7) is 1.91. The highest BCUT2D eigenvalue weighted by Crippen LogP contribution is 2.25. The number of nitrogens with zero attached hydrogens (tertiary/aromatic N) is 2. The van der Waals surface area contributed by atoms with E-state index in [0.29, 0.717) is 0 Å². The van der Waals surface area contributed by atoms with Crippen molar-refractivity contribution in [2.75, 3.05) is 14.2 Å². The third-order valence-electron chi connectivity index (χ3n) is 4.19. The predicted molar refractivity (Wildman–Crippen MR) is 110 cm³/mol. The minimum Gasteiger partial charge on any atom is -0.497 e. The van der Waals surface area contributed by atoms with Gasteiger partial charge in [0, 0.05) is 16.7 Å². The molecule has 0 saturated heterocycles. The fourth-order valence-corrected chi connectivity index (χ4v) is 2.75. The van der Waals surface area contributed by atoms with Gasteiger partial charge in [-0.3, -0.25) is 0 Å². The Morgan fingerprint density at radius 1 is 0.704 bits per heavy atom. The molecule has 0 saturated carbocycles. The molecule has 0 amide bonds. The van der Waals surface area contributed by atoms with Gasteiger partial charge in [-0.1, -0.05) is 60.7 Å². The third kappa shape index (κ3) is 4.42. The molecule has 0 aliphatic heterocycles. The SMILES string of the molecule is COc1ccc(OC)c(C(C)=NN=C(c2ccccc2)c2ccccc2)c1. The van der Waals surface area contributed by atoms with Crippen molar-refractivity contribution in [3.05, 3.63) is 95.6 Å². The molecule has 0 aromatic heterocycles. The maximum absolute atomic E-state index is 5.46. The number of benzene rings is 3. The van der Waals surface area contributed by atoms with Gasteiger partial charge in [-0.25, -0.2) is 0 Å². The van der Waals surface area contributed by atoms with Gasteiger partial charge in [0.15, 0.2) is 0 Å². The van der Waals surface area contributed by atoms with Gasteiger partial charge in [-0.2, -0.15) is 5.10 Å². The van der Waals surface area contributed by atoms with Crippen LogP contribution in [0, 0.1) is 0 Å². The summed E-state index contributed by atoms with van der Waals surface area (Å²) in [6.07, 6.45) is 0. The van der Waals surface area contributed by atoms with E-state index < -0.39 is 0 Å². The lowest BCUT2D eigenvalue weighted by atomic mass is 10.0. The fraction of sp³-hybridized carbons (Fsp3) is 0.130. The molecule has 27 heavy (non-hydrogen) atoms. The van der Waals surface area contributed by atoms with Gasteiger partial charge in [0.2, 0.25) is 0 Å². The van der Waals surface area contributed by atoms with Gasteiger partial charge in [0.05, 0.1) is 19.9 Å². The normalized spacial score (nSPS) is 11.0. The van der Waals surface area contributed by atoms with Crippen LogP contribution in [0.3, 0.4) is 0 Å². The highest BCUT2D eigenvalue weighted by atomic mass is 16.5. The smallest absolute Gasteiger partial charge is 0.128 e. The zero-order valence-corrected chi connectivity index (χ0v) is 15.7. The molecule has 0 heterocycles. The average Bonchev–Trinajstić information content (AvgIpc) is 2.74. The molecule has 0 atom stereocenters. The van der Waals surface area contributed by atoms with Crippen LogP contribution in [0.5, 0.6) is 11.5 Å². The van der Waals surface area contributed by atoms with Crippen LogP contribution in [0.4, 0.5) is 0 Å². The van der Waals surface area contributed by atoms with Crippen LogP contribution >= 0.6 is 0 Å². The van der Waals surface area contributed by atoms with E-state index in [9.17, 15) is 0 Å².